The van der Waals surface area contributed by atoms with Gasteiger partial charge in [0.05, 0.1) is 0 Å². The Morgan fingerprint density at radius 3 is 2.72 bits per heavy atom. The molecule has 0 fully saturated rings. The van der Waals surface area contributed by atoms with Crippen molar-refractivity contribution in [2.75, 3.05) is 6.54 Å². The van der Waals surface area contributed by atoms with E-state index in [1.807, 2.05) is 11.5 Å². The molecule has 0 spiro atoms. The Balaban J connectivity index is 2.76. The lowest BCUT2D eigenvalue weighted by molar-refractivity contribution is 0.685. The third-order valence-corrected chi connectivity index (χ3v) is 3.01. The van der Waals surface area contributed by atoms with E-state index >= 15 is 0 Å². The molecule has 0 saturated heterocycles. The molecule has 0 unspecified atom stereocenters. The monoisotopic (exact) mass is 251 g/mol. The van der Waals surface area contributed by atoms with Crippen LogP contribution < -0.4 is 17.0 Å². The first-order valence-corrected chi connectivity index (χ1v) is 5.98. The van der Waals surface area contributed by atoms with Crippen LogP contribution >= 0.6 is 0 Å². The standard InChI is InChI=1S/C11H17N5O2/c1-3-16-7(5-4-6-12)13-9-8(16)10(17)14-11(18)15(9)2/h3-6,12H2,1-2H3,(H,14,17,18). The molecule has 7 heteroatoms. The number of aromatic amines is 1. The Bertz CT molecular complexity index is 679. The lowest BCUT2D eigenvalue weighted by Crippen LogP contribution is -2.29. The second-order valence-electron chi connectivity index (χ2n) is 4.16. The minimum Gasteiger partial charge on any atom is -0.330 e. The molecule has 0 saturated carbocycles. The van der Waals surface area contributed by atoms with Gasteiger partial charge < -0.3 is 10.3 Å². The first-order valence-electron chi connectivity index (χ1n) is 5.98. The van der Waals surface area contributed by atoms with E-state index in [4.69, 9.17) is 5.73 Å². The lowest BCUT2D eigenvalue weighted by Gasteiger charge is -2.04. The Labute approximate surface area is 103 Å². The topological polar surface area (TPSA) is 98.7 Å². The summed E-state index contributed by atoms with van der Waals surface area (Å²) in [6.45, 7) is 3.15. The van der Waals surface area contributed by atoms with Gasteiger partial charge in [-0.15, -0.1) is 0 Å². The first kappa shape index (κ1) is 12.6. The van der Waals surface area contributed by atoms with Crippen LogP contribution in [0, 0.1) is 0 Å². The summed E-state index contributed by atoms with van der Waals surface area (Å²) in [5, 5.41) is 0. The molecule has 0 amide bonds. The van der Waals surface area contributed by atoms with Crippen molar-refractivity contribution < 1.29 is 0 Å². The minimum atomic E-state index is -0.446. The van der Waals surface area contributed by atoms with Crippen LogP contribution in [0.5, 0.6) is 0 Å². The maximum absolute atomic E-state index is 11.9. The second-order valence-corrected chi connectivity index (χ2v) is 4.16. The van der Waals surface area contributed by atoms with Crippen LogP contribution in [0.1, 0.15) is 19.2 Å². The van der Waals surface area contributed by atoms with Crippen molar-refractivity contribution in [2.45, 2.75) is 26.3 Å². The maximum atomic E-state index is 11.9. The highest BCUT2D eigenvalue weighted by Gasteiger charge is 2.15. The fourth-order valence-electron chi connectivity index (χ4n) is 2.07. The van der Waals surface area contributed by atoms with Gasteiger partial charge in [0.15, 0.2) is 11.2 Å². The molecule has 0 aliphatic rings. The smallest absolute Gasteiger partial charge is 0.329 e. The van der Waals surface area contributed by atoms with Gasteiger partial charge in [0.2, 0.25) is 0 Å². The summed E-state index contributed by atoms with van der Waals surface area (Å²) in [5.74, 6) is 0.796. The molecule has 3 N–H and O–H groups in total. The summed E-state index contributed by atoms with van der Waals surface area (Å²) in [6.07, 6.45) is 1.50. The number of imidazole rings is 1. The van der Waals surface area contributed by atoms with Gasteiger partial charge in [0, 0.05) is 20.0 Å². The number of nitrogens with one attached hydrogen (secondary N) is 1. The van der Waals surface area contributed by atoms with Gasteiger partial charge in [-0.2, -0.15) is 0 Å². The van der Waals surface area contributed by atoms with E-state index in [0.717, 1.165) is 12.2 Å². The lowest BCUT2D eigenvalue weighted by atomic mass is 10.3. The van der Waals surface area contributed by atoms with Crippen molar-refractivity contribution >= 4 is 11.2 Å². The van der Waals surface area contributed by atoms with Gasteiger partial charge in [-0.1, -0.05) is 0 Å². The molecule has 0 bridgehead atoms. The summed E-state index contributed by atoms with van der Waals surface area (Å²) in [4.78, 5) is 30.1. The molecule has 2 aromatic rings. The maximum Gasteiger partial charge on any atom is 0.329 e. The van der Waals surface area contributed by atoms with Gasteiger partial charge in [0.25, 0.3) is 5.56 Å². The molecule has 7 nitrogen and oxygen atoms in total. The number of hydrogen-bond donors (Lipinski definition) is 2. The van der Waals surface area contributed by atoms with Crippen LogP contribution in [0.25, 0.3) is 11.2 Å². The largest absolute Gasteiger partial charge is 0.330 e. The highest BCUT2D eigenvalue weighted by atomic mass is 16.2. The highest BCUT2D eigenvalue weighted by molar-refractivity contribution is 5.70. The average Bonchev–Trinajstić information content (AvgIpc) is 2.72. The number of nitrogens with zero attached hydrogens (tertiary/aromatic N) is 3. The summed E-state index contributed by atoms with van der Waals surface area (Å²) in [5.41, 5.74) is 5.53. The van der Waals surface area contributed by atoms with Crippen molar-refractivity contribution in [3.8, 4) is 0 Å². The van der Waals surface area contributed by atoms with Crippen LogP contribution in [0.4, 0.5) is 0 Å². The Morgan fingerprint density at radius 1 is 1.39 bits per heavy atom. The van der Waals surface area contributed by atoms with Crippen LogP contribution in [0.15, 0.2) is 9.59 Å². The molecule has 0 radical (unpaired) electrons. The molecule has 2 aromatic heterocycles. The number of aryl methyl sites for hydroxylation is 3. The summed E-state index contributed by atoms with van der Waals surface area (Å²) < 4.78 is 3.19. The van der Waals surface area contributed by atoms with Gasteiger partial charge >= 0.3 is 5.69 Å². The van der Waals surface area contributed by atoms with Crippen molar-refractivity contribution in [2.24, 2.45) is 12.8 Å². The molecular formula is C11H17N5O2. The Morgan fingerprint density at radius 2 is 2.11 bits per heavy atom. The average molecular weight is 251 g/mol. The summed E-state index contributed by atoms with van der Waals surface area (Å²) in [6, 6.07) is 0. The van der Waals surface area contributed by atoms with Crippen molar-refractivity contribution in [1.29, 1.82) is 0 Å². The van der Waals surface area contributed by atoms with Gasteiger partial charge in [-0.05, 0) is 19.9 Å². The molecule has 2 rings (SSSR count). The predicted octanol–water partition coefficient (Wildman–Crippen LogP) is -0.665. The number of hydrogen-bond acceptors (Lipinski definition) is 4. The quantitative estimate of drug-likeness (QED) is 0.753. The van der Waals surface area contributed by atoms with Crippen LogP contribution in [0.2, 0.25) is 0 Å². The van der Waals surface area contributed by atoms with E-state index in [1.165, 1.54) is 4.57 Å². The Kier molecular flexibility index (Phi) is 3.33. The third-order valence-electron chi connectivity index (χ3n) is 3.01. The minimum absolute atomic E-state index is 0.388. The van der Waals surface area contributed by atoms with E-state index < -0.39 is 5.69 Å². The van der Waals surface area contributed by atoms with Crippen LogP contribution in [-0.4, -0.2) is 25.6 Å². The van der Waals surface area contributed by atoms with Crippen molar-refractivity contribution in [3.63, 3.8) is 0 Å². The Hall–Kier alpha value is -1.89. The normalized spacial score (nSPS) is 11.3. The predicted molar refractivity (Wildman–Crippen MR) is 68.6 cm³/mol. The zero-order chi connectivity index (χ0) is 13.3. The van der Waals surface area contributed by atoms with Gasteiger partial charge in [0.1, 0.15) is 5.82 Å². The SMILES string of the molecule is CCn1c(CCCN)nc2c1c(=O)[nH]c(=O)n2C. The zero-order valence-electron chi connectivity index (χ0n) is 10.6. The first-order chi connectivity index (χ1) is 8.60. The highest BCUT2D eigenvalue weighted by Crippen LogP contribution is 2.11. The fraction of sp³-hybridized carbons (Fsp3) is 0.545. The number of rotatable bonds is 4. The van der Waals surface area contributed by atoms with Crippen LogP contribution in [-0.2, 0) is 20.0 Å². The zero-order valence-corrected chi connectivity index (χ0v) is 10.6. The molecule has 0 aliphatic carbocycles. The number of aromatic nitrogens is 4. The van der Waals surface area contributed by atoms with Crippen molar-refractivity contribution in [1.82, 2.24) is 19.1 Å². The third kappa shape index (κ3) is 1.86. The number of nitrogens with two attached hydrogens (primary N) is 1. The summed E-state index contributed by atoms with van der Waals surface area (Å²) >= 11 is 0. The van der Waals surface area contributed by atoms with Gasteiger partial charge in [-0.3, -0.25) is 14.3 Å². The van der Waals surface area contributed by atoms with E-state index in [0.29, 0.717) is 30.7 Å². The van der Waals surface area contributed by atoms with Crippen LogP contribution in [0.3, 0.4) is 0 Å². The molecule has 0 aromatic carbocycles. The van der Waals surface area contributed by atoms with Crippen molar-refractivity contribution in [3.05, 3.63) is 26.7 Å². The molecule has 0 aliphatic heterocycles. The molecule has 2 heterocycles. The van der Waals surface area contributed by atoms with E-state index in [9.17, 15) is 9.59 Å². The fourth-order valence-corrected chi connectivity index (χ4v) is 2.07. The van der Waals surface area contributed by atoms with E-state index in [-0.39, 0.29) is 5.56 Å². The molecule has 18 heavy (non-hydrogen) atoms. The van der Waals surface area contributed by atoms with E-state index in [2.05, 4.69) is 9.97 Å². The number of H-pyrrole nitrogens is 1. The molecular weight excluding hydrogens is 234 g/mol. The van der Waals surface area contributed by atoms with E-state index in [1.54, 1.807) is 7.05 Å². The molecule has 98 valence electrons. The molecule has 0 atom stereocenters. The van der Waals surface area contributed by atoms with Gasteiger partial charge in [-0.25, -0.2) is 9.78 Å². The second kappa shape index (κ2) is 4.77. The summed E-state index contributed by atoms with van der Waals surface area (Å²) in [7, 11) is 1.60. The number of fused-ring (bicyclic) bond motifs is 1.